The Hall–Kier alpha value is -2.44. The van der Waals surface area contributed by atoms with E-state index in [4.69, 9.17) is 4.74 Å². The van der Waals surface area contributed by atoms with Gasteiger partial charge in [-0.15, -0.1) is 0 Å². The molecule has 0 bridgehead atoms. The lowest BCUT2D eigenvalue weighted by Crippen LogP contribution is -2.13. The molecule has 1 aromatic carbocycles. The second-order valence-corrected chi connectivity index (χ2v) is 5.25. The zero-order valence-electron chi connectivity index (χ0n) is 12.9. The SMILES string of the molecule is CCC(=O)Oc1cc(NC(=O)CCC(C)C)ccc1[N+](=O)[O-]. The average molecular weight is 308 g/mol. The average Bonchev–Trinajstić information content (AvgIpc) is 2.44. The van der Waals surface area contributed by atoms with Gasteiger partial charge < -0.3 is 10.1 Å². The smallest absolute Gasteiger partial charge is 0.311 e. The summed E-state index contributed by atoms with van der Waals surface area (Å²) in [6.07, 6.45) is 1.21. The predicted octanol–water partition coefficient (Wildman–Crippen LogP) is 3.28. The number of nitrogens with zero attached hydrogens (tertiary/aromatic N) is 1. The Kier molecular flexibility index (Phi) is 6.49. The Morgan fingerprint density at radius 1 is 1.36 bits per heavy atom. The molecule has 0 aliphatic heterocycles. The van der Waals surface area contributed by atoms with Crippen LogP contribution in [0.25, 0.3) is 0 Å². The van der Waals surface area contributed by atoms with Crippen LogP contribution >= 0.6 is 0 Å². The minimum absolute atomic E-state index is 0.0993. The molecule has 22 heavy (non-hydrogen) atoms. The fourth-order valence-electron chi connectivity index (χ4n) is 1.66. The number of nitro benzene ring substituents is 1. The minimum Gasteiger partial charge on any atom is -0.419 e. The van der Waals surface area contributed by atoms with Gasteiger partial charge in [-0.25, -0.2) is 0 Å². The standard InChI is InChI=1S/C15H20N2O5/c1-4-15(19)22-13-9-11(6-7-12(13)17(20)21)16-14(18)8-5-10(2)3/h6-7,9-10H,4-5,8H2,1-3H3,(H,16,18). The van der Waals surface area contributed by atoms with Gasteiger partial charge in [0.25, 0.3) is 0 Å². The van der Waals surface area contributed by atoms with Crippen molar-refractivity contribution in [2.24, 2.45) is 5.92 Å². The molecule has 1 aromatic rings. The van der Waals surface area contributed by atoms with Gasteiger partial charge in [0.2, 0.25) is 11.7 Å². The Labute approximate surface area is 128 Å². The van der Waals surface area contributed by atoms with E-state index in [1.54, 1.807) is 6.92 Å². The highest BCUT2D eigenvalue weighted by molar-refractivity contribution is 5.91. The lowest BCUT2D eigenvalue weighted by molar-refractivity contribution is -0.385. The number of nitrogens with one attached hydrogen (secondary N) is 1. The Morgan fingerprint density at radius 2 is 2.05 bits per heavy atom. The highest BCUT2D eigenvalue weighted by Gasteiger charge is 2.18. The van der Waals surface area contributed by atoms with E-state index in [1.165, 1.54) is 18.2 Å². The van der Waals surface area contributed by atoms with Gasteiger partial charge in [-0.3, -0.25) is 19.7 Å². The maximum atomic E-state index is 11.8. The van der Waals surface area contributed by atoms with Crippen LogP contribution in [0.1, 0.15) is 40.0 Å². The molecular formula is C15H20N2O5. The zero-order chi connectivity index (χ0) is 16.7. The number of anilines is 1. The molecule has 7 nitrogen and oxygen atoms in total. The summed E-state index contributed by atoms with van der Waals surface area (Å²) in [7, 11) is 0. The van der Waals surface area contributed by atoms with E-state index in [-0.39, 0.29) is 23.8 Å². The molecule has 0 fully saturated rings. The van der Waals surface area contributed by atoms with E-state index in [9.17, 15) is 19.7 Å². The molecular weight excluding hydrogens is 288 g/mol. The summed E-state index contributed by atoms with van der Waals surface area (Å²) in [5.74, 6) is -0.524. The van der Waals surface area contributed by atoms with Gasteiger partial charge in [-0.1, -0.05) is 20.8 Å². The number of amides is 1. The van der Waals surface area contributed by atoms with Gasteiger partial charge in [0.15, 0.2) is 0 Å². The monoisotopic (exact) mass is 308 g/mol. The number of carbonyl (C=O) groups is 2. The fraction of sp³-hybridized carbons (Fsp3) is 0.467. The quantitative estimate of drug-likeness (QED) is 0.360. The molecule has 0 aliphatic carbocycles. The summed E-state index contributed by atoms with van der Waals surface area (Å²) in [5, 5.41) is 13.6. The highest BCUT2D eigenvalue weighted by atomic mass is 16.6. The lowest BCUT2D eigenvalue weighted by atomic mass is 10.1. The fourth-order valence-corrected chi connectivity index (χ4v) is 1.66. The van der Waals surface area contributed by atoms with E-state index < -0.39 is 10.9 Å². The van der Waals surface area contributed by atoms with E-state index >= 15 is 0 Å². The van der Waals surface area contributed by atoms with Gasteiger partial charge in [-0.05, 0) is 18.4 Å². The summed E-state index contributed by atoms with van der Waals surface area (Å²) in [6, 6.07) is 3.91. The van der Waals surface area contributed by atoms with Gasteiger partial charge in [-0.2, -0.15) is 0 Å². The Balaban J connectivity index is 2.89. The Bertz CT molecular complexity index is 569. The second-order valence-electron chi connectivity index (χ2n) is 5.25. The summed E-state index contributed by atoms with van der Waals surface area (Å²) < 4.78 is 4.94. The summed E-state index contributed by atoms with van der Waals surface area (Å²) in [6.45, 7) is 5.62. The molecule has 0 aromatic heterocycles. The van der Waals surface area contributed by atoms with Crippen molar-refractivity contribution in [2.75, 3.05) is 5.32 Å². The van der Waals surface area contributed by atoms with Crippen LogP contribution in [-0.2, 0) is 9.59 Å². The van der Waals surface area contributed by atoms with Crippen molar-refractivity contribution in [3.63, 3.8) is 0 Å². The highest BCUT2D eigenvalue weighted by Crippen LogP contribution is 2.30. The molecule has 1 N–H and O–H groups in total. The summed E-state index contributed by atoms with van der Waals surface area (Å²) in [4.78, 5) is 33.4. The second kappa shape index (κ2) is 8.11. The number of benzene rings is 1. The van der Waals surface area contributed by atoms with Crippen molar-refractivity contribution < 1.29 is 19.2 Å². The van der Waals surface area contributed by atoms with E-state index in [0.29, 0.717) is 18.0 Å². The third kappa shape index (κ3) is 5.51. The third-order valence-corrected chi connectivity index (χ3v) is 2.90. The molecule has 0 radical (unpaired) electrons. The zero-order valence-corrected chi connectivity index (χ0v) is 12.9. The number of hydrogen-bond acceptors (Lipinski definition) is 5. The molecule has 0 aliphatic rings. The molecule has 7 heteroatoms. The van der Waals surface area contributed by atoms with Crippen LogP contribution in [0.5, 0.6) is 5.75 Å². The number of rotatable bonds is 7. The van der Waals surface area contributed by atoms with Gasteiger partial charge in [0.1, 0.15) is 0 Å². The van der Waals surface area contributed by atoms with Crippen molar-refractivity contribution in [2.45, 2.75) is 40.0 Å². The van der Waals surface area contributed by atoms with Crippen molar-refractivity contribution in [3.05, 3.63) is 28.3 Å². The minimum atomic E-state index is -0.636. The van der Waals surface area contributed by atoms with Crippen LogP contribution < -0.4 is 10.1 Å². The first kappa shape index (κ1) is 17.6. The maximum absolute atomic E-state index is 11.8. The van der Waals surface area contributed by atoms with Crippen molar-refractivity contribution in [3.8, 4) is 5.75 Å². The Morgan fingerprint density at radius 3 is 2.59 bits per heavy atom. The first-order chi connectivity index (χ1) is 10.3. The van der Waals surface area contributed by atoms with Crippen LogP contribution in [0.2, 0.25) is 0 Å². The predicted molar refractivity (Wildman–Crippen MR) is 81.7 cm³/mol. The van der Waals surface area contributed by atoms with Crippen molar-refractivity contribution >= 4 is 23.3 Å². The molecule has 1 rings (SSSR count). The topological polar surface area (TPSA) is 98.5 Å². The number of nitro groups is 1. The van der Waals surface area contributed by atoms with Crippen molar-refractivity contribution in [1.29, 1.82) is 0 Å². The molecule has 0 unspecified atom stereocenters. The van der Waals surface area contributed by atoms with Crippen LogP contribution in [0.15, 0.2) is 18.2 Å². The van der Waals surface area contributed by atoms with E-state index in [1.807, 2.05) is 13.8 Å². The third-order valence-electron chi connectivity index (χ3n) is 2.90. The molecule has 0 spiro atoms. The number of esters is 1. The van der Waals surface area contributed by atoms with Gasteiger partial charge >= 0.3 is 11.7 Å². The molecule has 1 amide bonds. The van der Waals surface area contributed by atoms with Crippen LogP contribution in [0.4, 0.5) is 11.4 Å². The molecule has 120 valence electrons. The lowest BCUT2D eigenvalue weighted by Gasteiger charge is -2.09. The van der Waals surface area contributed by atoms with E-state index in [0.717, 1.165) is 6.42 Å². The first-order valence-electron chi connectivity index (χ1n) is 7.12. The molecule has 0 saturated carbocycles. The number of carbonyl (C=O) groups excluding carboxylic acids is 2. The number of hydrogen-bond donors (Lipinski definition) is 1. The van der Waals surface area contributed by atoms with Gasteiger partial charge in [0, 0.05) is 30.7 Å². The summed E-state index contributed by atoms with van der Waals surface area (Å²) in [5.41, 5.74) is 0.0419. The molecule has 0 heterocycles. The van der Waals surface area contributed by atoms with Crippen LogP contribution in [0.3, 0.4) is 0 Å². The van der Waals surface area contributed by atoms with Crippen LogP contribution in [0, 0.1) is 16.0 Å². The maximum Gasteiger partial charge on any atom is 0.311 e. The summed E-state index contributed by atoms with van der Waals surface area (Å²) >= 11 is 0. The van der Waals surface area contributed by atoms with Crippen molar-refractivity contribution in [1.82, 2.24) is 0 Å². The van der Waals surface area contributed by atoms with Gasteiger partial charge in [0.05, 0.1) is 4.92 Å². The molecule has 0 atom stereocenters. The van der Waals surface area contributed by atoms with Crippen LogP contribution in [-0.4, -0.2) is 16.8 Å². The van der Waals surface area contributed by atoms with E-state index in [2.05, 4.69) is 5.32 Å². The first-order valence-corrected chi connectivity index (χ1v) is 7.12. The number of ether oxygens (including phenoxy) is 1. The largest absolute Gasteiger partial charge is 0.419 e. The normalized spacial score (nSPS) is 10.4. The molecule has 0 saturated heterocycles.